The molecule has 0 fully saturated rings. The fraction of sp³-hybridized carbons (Fsp3) is 0.471. The smallest absolute Gasteiger partial charge is 0.191 e. The minimum Gasteiger partial charge on any atom is -0.493 e. The maximum absolute atomic E-state index is 5.33. The molecule has 0 atom stereocenters. The summed E-state index contributed by atoms with van der Waals surface area (Å²) in [7, 11) is 5.10. The van der Waals surface area contributed by atoms with E-state index in [0.29, 0.717) is 6.04 Å². The maximum Gasteiger partial charge on any atom is 0.191 e. The minimum atomic E-state index is 0.465. The van der Waals surface area contributed by atoms with Gasteiger partial charge in [0.15, 0.2) is 17.5 Å². The van der Waals surface area contributed by atoms with Crippen LogP contribution >= 0.6 is 0 Å². The zero-order valence-electron chi connectivity index (χ0n) is 13.6. The van der Waals surface area contributed by atoms with Crippen LogP contribution in [0.1, 0.15) is 18.4 Å². The van der Waals surface area contributed by atoms with Crippen LogP contribution in [-0.4, -0.2) is 39.8 Å². The number of hydrogen-bond donors (Lipinski definition) is 2. The molecule has 1 aliphatic rings. The molecule has 1 aliphatic carbocycles. The van der Waals surface area contributed by atoms with E-state index in [-0.39, 0.29) is 0 Å². The Morgan fingerprint density at radius 2 is 1.91 bits per heavy atom. The van der Waals surface area contributed by atoms with Crippen LogP contribution in [0.4, 0.5) is 0 Å². The number of methoxy groups -OCH3 is 2. The van der Waals surface area contributed by atoms with E-state index >= 15 is 0 Å². The molecule has 0 amide bonds. The first-order valence-electron chi connectivity index (χ1n) is 7.60. The monoisotopic (exact) mass is 303 g/mol. The summed E-state index contributed by atoms with van der Waals surface area (Å²) in [5.74, 6) is 2.37. The van der Waals surface area contributed by atoms with Crippen LogP contribution in [0.25, 0.3) is 0 Å². The van der Waals surface area contributed by atoms with Gasteiger partial charge in [-0.05, 0) is 37.0 Å². The Morgan fingerprint density at radius 3 is 2.55 bits per heavy atom. The largest absolute Gasteiger partial charge is 0.493 e. The summed E-state index contributed by atoms with van der Waals surface area (Å²) in [5, 5.41) is 6.77. The lowest BCUT2D eigenvalue weighted by Gasteiger charge is -2.17. The highest BCUT2D eigenvalue weighted by Gasteiger charge is 2.11. The molecule has 1 aromatic carbocycles. The second-order valence-electron chi connectivity index (χ2n) is 5.22. The van der Waals surface area contributed by atoms with Crippen molar-refractivity contribution in [3.05, 3.63) is 35.9 Å². The van der Waals surface area contributed by atoms with Gasteiger partial charge in [-0.1, -0.05) is 18.2 Å². The van der Waals surface area contributed by atoms with Gasteiger partial charge >= 0.3 is 0 Å². The van der Waals surface area contributed by atoms with E-state index in [1.54, 1.807) is 21.3 Å². The van der Waals surface area contributed by atoms with E-state index < -0.39 is 0 Å². The number of guanidine groups is 1. The summed E-state index contributed by atoms with van der Waals surface area (Å²) in [6.07, 6.45) is 7.43. The standard InChI is InChI=1S/C17H25N3O2/c1-18-17(20-14-6-4-5-7-14)19-11-10-13-8-9-15(21-2)16(12-13)22-3/h4-5,8-9,12,14H,6-7,10-11H2,1-3H3,(H2,18,19,20). The van der Waals surface area contributed by atoms with Crippen molar-refractivity contribution in [2.45, 2.75) is 25.3 Å². The Morgan fingerprint density at radius 1 is 1.18 bits per heavy atom. The van der Waals surface area contributed by atoms with Gasteiger partial charge in [0.25, 0.3) is 0 Å². The SMILES string of the molecule is CN=C(NCCc1ccc(OC)c(OC)c1)NC1CC=CC1. The predicted octanol–water partition coefficient (Wildman–Crippen LogP) is 2.13. The highest BCUT2D eigenvalue weighted by molar-refractivity contribution is 5.80. The second-order valence-corrected chi connectivity index (χ2v) is 5.22. The number of ether oxygens (including phenoxy) is 2. The van der Waals surface area contributed by atoms with Crippen LogP contribution < -0.4 is 20.1 Å². The summed E-state index contributed by atoms with van der Waals surface area (Å²) in [4.78, 5) is 4.27. The summed E-state index contributed by atoms with van der Waals surface area (Å²) >= 11 is 0. The van der Waals surface area contributed by atoms with E-state index in [0.717, 1.165) is 43.3 Å². The third-order valence-corrected chi connectivity index (χ3v) is 3.73. The van der Waals surface area contributed by atoms with Crippen molar-refractivity contribution in [3.63, 3.8) is 0 Å². The van der Waals surface area contributed by atoms with Crippen molar-refractivity contribution in [1.82, 2.24) is 10.6 Å². The lowest BCUT2D eigenvalue weighted by Crippen LogP contribution is -2.43. The molecule has 0 saturated carbocycles. The van der Waals surface area contributed by atoms with Crippen LogP contribution in [0.15, 0.2) is 35.3 Å². The zero-order chi connectivity index (χ0) is 15.8. The summed E-state index contributed by atoms with van der Waals surface area (Å²) in [5.41, 5.74) is 1.20. The molecule has 2 rings (SSSR count). The molecule has 22 heavy (non-hydrogen) atoms. The molecule has 0 unspecified atom stereocenters. The quantitative estimate of drug-likeness (QED) is 0.480. The minimum absolute atomic E-state index is 0.465. The van der Waals surface area contributed by atoms with Gasteiger partial charge in [-0.2, -0.15) is 0 Å². The normalized spacial score (nSPS) is 15.0. The summed E-state index contributed by atoms with van der Waals surface area (Å²) < 4.78 is 10.6. The van der Waals surface area contributed by atoms with Crippen molar-refractivity contribution in [2.24, 2.45) is 4.99 Å². The third kappa shape index (κ3) is 4.41. The van der Waals surface area contributed by atoms with Crippen molar-refractivity contribution >= 4 is 5.96 Å². The fourth-order valence-electron chi connectivity index (χ4n) is 2.48. The molecule has 0 bridgehead atoms. The average molecular weight is 303 g/mol. The number of rotatable bonds is 6. The topological polar surface area (TPSA) is 54.9 Å². The van der Waals surface area contributed by atoms with Crippen LogP contribution in [0.2, 0.25) is 0 Å². The molecule has 5 heteroatoms. The molecule has 0 heterocycles. The Kier molecular flexibility index (Phi) is 6.13. The number of hydrogen-bond acceptors (Lipinski definition) is 3. The molecule has 120 valence electrons. The van der Waals surface area contributed by atoms with E-state index in [4.69, 9.17) is 9.47 Å². The van der Waals surface area contributed by atoms with Gasteiger partial charge in [0.05, 0.1) is 14.2 Å². The molecule has 0 radical (unpaired) electrons. The van der Waals surface area contributed by atoms with Crippen LogP contribution in [-0.2, 0) is 6.42 Å². The lowest BCUT2D eigenvalue weighted by atomic mass is 10.1. The Labute approximate surface area is 132 Å². The first kappa shape index (κ1) is 16.2. The first-order chi connectivity index (χ1) is 10.8. The van der Waals surface area contributed by atoms with E-state index in [1.165, 1.54) is 5.56 Å². The summed E-state index contributed by atoms with van der Waals surface area (Å²) in [6.45, 7) is 0.815. The molecule has 0 saturated heterocycles. The summed E-state index contributed by atoms with van der Waals surface area (Å²) in [6, 6.07) is 6.47. The number of aliphatic imine (C=N–C) groups is 1. The second kappa shape index (κ2) is 8.32. The van der Waals surface area contributed by atoms with Gasteiger partial charge in [-0.25, -0.2) is 0 Å². The van der Waals surface area contributed by atoms with Crippen molar-refractivity contribution in [1.29, 1.82) is 0 Å². The molecular weight excluding hydrogens is 278 g/mol. The number of nitrogens with one attached hydrogen (secondary N) is 2. The fourth-order valence-corrected chi connectivity index (χ4v) is 2.48. The number of nitrogens with zero attached hydrogens (tertiary/aromatic N) is 1. The third-order valence-electron chi connectivity index (χ3n) is 3.73. The van der Waals surface area contributed by atoms with Gasteiger partial charge in [-0.15, -0.1) is 0 Å². The number of benzene rings is 1. The van der Waals surface area contributed by atoms with Gasteiger partial charge < -0.3 is 20.1 Å². The highest BCUT2D eigenvalue weighted by Crippen LogP contribution is 2.27. The van der Waals surface area contributed by atoms with Crippen molar-refractivity contribution in [2.75, 3.05) is 27.8 Å². The molecule has 0 aliphatic heterocycles. The van der Waals surface area contributed by atoms with Crippen LogP contribution in [0.3, 0.4) is 0 Å². The maximum atomic E-state index is 5.33. The Bertz CT molecular complexity index is 533. The Balaban J connectivity index is 1.82. The van der Waals surface area contributed by atoms with Crippen LogP contribution in [0.5, 0.6) is 11.5 Å². The lowest BCUT2D eigenvalue weighted by molar-refractivity contribution is 0.354. The van der Waals surface area contributed by atoms with E-state index in [9.17, 15) is 0 Å². The molecule has 0 aromatic heterocycles. The van der Waals surface area contributed by atoms with Gasteiger partial charge in [0.2, 0.25) is 0 Å². The molecule has 0 spiro atoms. The van der Waals surface area contributed by atoms with Gasteiger partial charge in [0.1, 0.15) is 0 Å². The van der Waals surface area contributed by atoms with Crippen molar-refractivity contribution in [3.8, 4) is 11.5 Å². The molecule has 5 nitrogen and oxygen atoms in total. The highest BCUT2D eigenvalue weighted by atomic mass is 16.5. The molecule has 1 aromatic rings. The van der Waals surface area contributed by atoms with Crippen LogP contribution in [0, 0.1) is 0 Å². The average Bonchev–Trinajstić information content (AvgIpc) is 3.06. The van der Waals surface area contributed by atoms with E-state index in [1.807, 2.05) is 12.1 Å². The van der Waals surface area contributed by atoms with Crippen molar-refractivity contribution < 1.29 is 9.47 Å². The Hall–Kier alpha value is -2.17. The first-order valence-corrected chi connectivity index (χ1v) is 7.60. The zero-order valence-corrected chi connectivity index (χ0v) is 13.6. The van der Waals surface area contributed by atoms with Gasteiger partial charge in [-0.3, -0.25) is 4.99 Å². The predicted molar refractivity (Wildman–Crippen MR) is 89.9 cm³/mol. The molecule has 2 N–H and O–H groups in total. The molecular formula is C17H25N3O2. The van der Waals surface area contributed by atoms with Gasteiger partial charge in [0, 0.05) is 19.6 Å². The van der Waals surface area contributed by atoms with E-state index in [2.05, 4.69) is 33.8 Å².